The van der Waals surface area contributed by atoms with E-state index in [-0.39, 0.29) is 18.0 Å². The number of hydrogen-bond acceptors (Lipinski definition) is 3. The Morgan fingerprint density at radius 1 is 1.17 bits per heavy atom. The van der Waals surface area contributed by atoms with E-state index in [9.17, 15) is 18.0 Å². The fourth-order valence-electron chi connectivity index (χ4n) is 3.36. The Morgan fingerprint density at radius 3 is 2.77 bits per heavy atom. The van der Waals surface area contributed by atoms with Crippen LogP contribution in [0, 0.1) is 17.5 Å². The number of anilines is 1. The second kappa shape index (κ2) is 8.54. The zero-order chi connectivity index (χ0) is 21.1. The Balaban J connectivity index is 1.37. The van der Waals surface area contributed by atoms with Gasteiger partial charge >= 0.3 is 0 Å². The number of aromatic nitrogens is 2. The molecule has 0 fully saturated rings. The first-order valence-corrected chi connectivity index (χ1v) is 9.45. The van der Waals surface area contributed by atoms with Gasteiger partial charge in [0, 0.05) is 25.4 Å². The molecule has 0 spiro atoms. The molecule has 4 rings (SSSR count). The number of carbonyl (C=O) groups excluding carboxylic acids is 1. The molecule has 154 valence electrons. The minimum Gasteiger partial charge on any atom is -0.331 e. The molecule has 2 N–H and O–H groups in total. The summed E-state index contributed by atoms with van der Waals surface area (Å²) in [6.45, 7) is 1.89. The predicted octanol–water partition coefficient (Wildman–Crippen LogP) is 3.65. The minimum absolute atomic E-state index is 0.0802. The molecule has 1 aliphatic heterocycles. The number of benzene rings is 2. The Hall–Kier alpha value is -3.39. The van der Waals surface area contributed by atoms with Crippen LogP contribution in [-0.2, 0) is 24.3 Å². The molecule has 0 atom stereocenters. The van der Waals surface area contributed by atoms with Gasteiger partial charge < -0.3 is 15.2 Å². The van der Waals surface area contributed by atoms with Crippen LogP contribution in [0.15, 0.2) is 48.9 Å². The molecule has 1 amide bonds. The Morgan fingerprint density at radius 2 is 1.97 bits per heavy atom. The van der Waals surface area contributed by atoms with Gasteiger partial charge in [-0.2, -0.15) is 0 Å². The van der Waals surface area contributed by atoms with Crippen molar-refractivity contribution < 1.29 is 18.0 Å². The zero-order valence-electron chi connectivity index (χ0n) is 16.0. The summed E-state index contributed by atoms with van der Waals surface area (Å²) >= 11 is 0. The third-order valence-electron chi connectivity index (χ3n) is 4.84. The molecule has 0 saturated heterocycles. The third-order valence-corrected chi connectivity index (χ3v) is 4.84. The van der Waals surface area contributed by atoms with Crippen molar-refractivity contribution in [1.29, 1.82) is 0 Å². The molecule has 30 heavy (non-hydrogen) atoms. The summed E-state index contributed by atoms with van der Waals surface area (Å²) in [7, 11) is 0. The largest absolute Gasteiger partial charge is 0.331 e. The van der Waals surface area contributed by atoms with E-state index in [1.54, 1.807) is 6.08 Å². The summed E-state index contributed by atoms with van der Waals surface area (Å²) in [4.78, 5) is 16.2. The van der Waals surface area contributed by atoms with E-state index in [4.69, 9.17) is 0 Å². The molecule has 5 nitrogen and oxygen atoms in total. The maximum atomic E-state index is 13.3. The van der Waals surface area contributed by atoms with Gasteiger partial charge in [-0.05, 0) is 53.4 Å². The molecule has 0 unspecified atom stereocenters. The predicted molar refractivity (Wildman–Crippen MR) is 107 cm³/mol. The second-order valence-electron chi connectivity index (χ2n) is 7.08. The molecule has 2 heterocycles. The number of hydrogen-bond donors (Lipinski definition) is 2. The smallest absolute Gasteiger partial charge is 0.249 e. The van der Waals surface area contributed by atoms with Gasteiger partial charge in [-0.15, -0.1) is 0 Å². The van der Waals surface area contributed by atoms with Gasteiger partial charge in [0.25, 0.3) is 0 Å². The Bertz CT molecular complexity index is 1100. The second-order valence-corrected chi connectivity index (χ2v) is 7.08. The lowest BCUT2D eigenvalue weighted by Gasteiger charge is -2.17. The van der Waals surface area contributed by atoms with Crippen LogP contribution in [0.3, 0.4) is 0 Å². The van der Waals surface area contributed by atoms with Crippen molar-refractivity contribution in [2.75, 3.05) is 11.9 Å². The fourth-order valence-corrected chi connectivity index (χ4v) is 3.36. The van der Waals surface area contributed by atoms with Gasteiger partial charge in [-0.3, -0.25) is 4.79 Å². The quantitative estimate of drug-likeness (QED) is 0.497. The van der Waals surface area contributed by atoms with Crippen LogP contribution in [-0.4, -0.2) is 22.0 Å². The first kappa shape index (κ1) is 19.9. The maximum absolute atomic E-state index is 13.3. The first-order chi connectivity index (χ1) is 14.5. The summed E-state index contributed by atoms with van der Waals surface area (Å²) in [6, 6.07) is 7.95. The first-order valence-electron chi connectivity index (χ1n) is 9.45. The van der Waals surface area contributed by atoms with E-state index in [0.717, 1.165) is 37.2 Å². The van der Waals surface area contributed by atoms with Crippen molar-refractivity contribution in [2.45, 2.75) is 19.5 Å². The average Bonchev–Trinajstić information content (AvgIpc) is 3.16. The molecular formula is C22H19F3N4O. The highest BCUT2D eigenvalue weighted by molar-refractivity contribution is 6.01. The van der Waals surface area contributed by atoms with Crippen molar-refractivity contribution >= 4 is 17.8 Å². The van der Waals surface area contributed by atoms with Crippen molar-refractivity contribution in [3.8, 4) is 0 Å². The van der Waals surface area contributed by atoms with Crippen LogP contribution in [0.1, 0.15) is 22.3 Å². The van der Waals surface area contributed by atoms with E-state index in [2.05, 4.69) is 27.8 Å². The minimum atomic E-state index is -1.50. The summed E-state index contributed by atoms with van der Waals surface area (Å²) < 4.78 is 41.2. The van der Waals surface area contributed by atoms with Gasteiger partial charge in [0.15, 0.2) is 23.3 Å². The molecule has 1 aliphatic rings. The number of imidazole rings is 1. The Kier molecular flexibility index (Phi) is 5.67. The monoisotopic (exact) mass is 412 g/mol. The standard InChI is InChI=1S/C22H19F3N4O/c23-18-8-15(9-19(24)22(18)25)11-29-12-20(27-13-29)28-21(30)4-2-14-1-3-17-10-26-6-5-16(17)7-14/h1-4,7-9,12-13,26H,5-6,10-11H2,(H,28,30)/b4-2+. The lowest BCUT2D eigenvalue weighted by atomic mass is 9.98. The molecular weight excluding hydrogens is 393 g/mol. The maximum Gasteiger partial charge on any atom is 0.249 e. The lowest BCUT2D eigenvalue weighted by Crippen LogP contribution is -2.23. The normalized spacial score (nSPS) is 13.4. The number of nitrogens with one attached hydrogen (secondary N) is 2. The molecule has 0 aliphatic carbocycles. The van der Waals surface area contributed by atoms with Crippen LogP contribution in [0.4, 0.5) is 19.0 Å². The third kappa shape index (κ3) is 4.60. The summed E-state index contributed by atoms with van der Waals surface area (Å²) in [6.07, 6.45) is 7.06. The highest BCUT2D eigenvalue weighted by Gasteiger charge is 2.11. The summed E-state index contributed by atoms with van der Waals surface area (Å²) in [5.41, 5.74) is 3.74. The van der Waals surface area contributed by atoms with E-state index >= 15 is 0 Å². The number of halogens is 3. The van der Waals surface area contributed by atoms with Gasteiger partial charge in [0.05, 0.1) is 6.33 Å². The molecule has 2 aromatic carbocycles. The molecule has 0 saturated carbocycles. The lowest BCUT2D eigenvalue weighted by molar-refractivity contribution is -0.111. The fraction of sp³-hybridized carbons (Fsp3) is 0.182. The van der Waals surface area contributed by atoms with Gasteiger partial charge in [0.2, 0.25) is 5.91 Å². The zero-order valence-corrected chi connectivity index (χ0v) is 16.0. The highest BCUT2D eigenvalue weighted by Crippen LogP contribution is 2.17. The van der Waals surface area contributed by atoms with E-state index in [1.807, 2.05) is 6.07 Å². The van der Waals surface area contributed by atoms with Crippen molar-refractivity contribution in [1.82, 2.24) is 14.9 Å². The number of amides is 1. The van der Waals surface area contributed by atoms with E-state index in [0.29, 0.717) is 5.82 Å². The van der Waals surface area contributed by atoms with E-state index in [1.165, 1.54) is 34.3 Å². The summed E-state index contributed by atoms with van der Waals surface area (Å²) in [5.74, 6) is -4.05. The average molecular weight is 412 g/mol. The van der Waals surface area contributed by atoms with E-state index < -0.39 is 17.5 Å². The summed E-state index contributed by atoms with van der Waals surface area (Å²) in [5, 5.41) is 5.95. The number of nitrogens with zero attached hydrogens (tertiary/aromatic N) is 2. The molecule has 0 radical (unpaired) electrons. The van der Waals surface area contributed by atoms with Crippen LogP contribution in [0.5, 0.6) is 0 Å². The number of fused-ring (bicyclic) bond motifs is 1. The van der Waals surface area contributed by atoms with Gasteiger partial charge in [-0.25, -0.2) is 18.2 Å². The van der Waals surface area contributed by atoms with Crippen molar-refractivity contribution in [3.63, 3.8) is 0 Å². The topological polar surface area (TPSA) is 59.0 Å². The highest BCUT2D eigenvalue weighted by atomic mass is 19.2. The van der Waals surface area contributed by atoms with Gasteiger partial charge in [-0.1, -0.05) is 18.2 Å². The Labute approximate surface area is 171 Å². The van der Waals surface area contributed by atoms with Gasteiger partial charge in [0.1, 0.15) is 0 Å². The number of carbonyl (C=O) groups is 1. The molecule has 8 heteroatoms. The van der Waals surface area contributed by atoms with Crippen molar-refractivity contribution in [2.24, 2.45) is 0 Å². The van der Waals surface area contributed by atoms with Crippen LogP contribution in [0.2, 0.25) is 0 Å². The SMILES string of the molecule is O=C(/C=C/c1ccc2c(c1)CCNC2)Nc1cn(Cc2cc(F)c(F)c(F)c2)cn1. The molecule has 0 bridgehead atoms. The van der Waals surface area contributed by atoms with Crippen LogP contribution < -0.4 is 10.6 Å². The van der Waals surface area contributed by atoms with Crippen LogP contribution >= 0.6 is 0 Å². The van der Waals surface area contributed by atoms with Crippen molar-refractivity contribution in [3.05, 3.63) is 88.6 Å². The molecule has 1 aromatic heterocycles. The molecule has 3 aromatic rings. The number of rotatable bonds is 5. The van der Waals surface area contributed by atoms with Crippen LogP contribution in [0.25, 0.3) is 6.08 Å².